The van der Waals surface area contributed by atoms with E-state index in [1.54, 1.807) is 31.3 Å². The minimum atomic E-state index is -1.19. The lowest BCUT2D eigenvalue weighted by molar-refractivity contribution is -0.384. The molecule has 0 aliphatic heterocycles. The number of amides is 1. The van der Waals surface area contributed by atoms with Crippen molar-refractivity contribution in [3.63, 3.8) is 0 Å². The van der Waals surface area contributed by atoms with Crippen molar-refractivity contribution in [2.75, 3.05) is 12.4 Å². The van der Waals surface area contributed by atoms with E-state index in [1.807, 2.05) is 0 Å². The van der Waals surface area contributed by atoms with Crippen molar-refractivity contribution < 1.29 is 24.4 Å². The van der Waals surface area contributed by atoms with E-state index in [0.29, 0.717) is 11.3 Å². The van der Waals surface area contributed by atoms with Gasteiger partial charge in [-0.3, -0.25) is 19.9 Å². The van der Waals surface area contributed by atoms with Crippen molar-refractivity contribution in [3.8, 4) is 11.5 Å². The average molecular weight is 419 g/mol. The summed E-state index contributed by atoms with van der Waals surface area (Å²) >= 11 is 0. The van der Waals surface area contributed by atoms with Crippen LogP contribution in [0.1, 0.15) is 26.3 Å². The minimum Gasteiger partial charge on any atom is -0.478 e. The SMILES string of the molecule is CN=Cc1ccc(NC(=O)c2cccc(Oc3cccc([N+](=O)[O-])c3)c2)c(C(=O)O)c1. The van der Waals surface area contributed by atoms with E-state index >= 15 is 0 Å². The van der Waals surface area contributed by atoms with Gasteiger partial charge in [0.25, 0.3) is 11.6 Å². The van der Waals surface area contributed by atoms with Crippen molar-refractivity contribution in [3.05, 3.63) is 93.5 Å². The zero-order valence-electron chi connectivity index (χ0n) is 16.3. The van der Waals surface area contributed by atoms with Crippen LogP contribution in [0.25, 0.3) is 0 Å². The molecule has 3 aromatic rings. The van der Waals surface area contributed by atoms with Crippen LogP contribution in [-0.4, -0.2) is 35.2 Å². The minimum absolute atomic E-state index is 0.0743. The maximum atomic E-state index is 12.7. The molecule has 0 bridgehead atoms. The van der Waals surface area contributed by atoms with Gasteiger partial charge in [0.05, 0.1) is 22.2 Å². The standard InChI is InChI=1S/C22H17N3O6/c1-23-13-14-8-9-20(19(10-14)22(27)28)24-21(26)15-4-2-6-17(11-15)31-18-7-3-5-16(12-18)25(29)30/h2-13H,1H3,(H,24,26)(H,27,28). The first kappa shape index (κ1) is 21.2. The number of nitro benzene ring substituents is 1. The van der Waals surface area contributed by atoms with Crippen LogP contribution in [0.5, 0.6) is 11.5 Å². The van der Waals surface area contributed by atoms with Gasteiger partial charge >= 0.3 is 5.97 Å². The highest BCUT2D eigenvalue weighted by atomic mass is 16.6. The summed E-state index contributed by atoms with van der Waals surface area (Å²) in [6, 6.07) is 16.4. The molecular weight excluding hydrogens is 402 g/mol. The number of carboxylic acids is 1. The second-order valence-corrected chi connectivity index (χ2v) is 6.34. The molecule has 0 fully saturated rings. The Kier molecular flexibility index (Phi) is 6.36. The third-order valence-corrected chi connectivity index (χ3v) is 4.16. The Balaban J connectivity index is 1.81. The summed E-state index contributed by atoms with van der Waals surface area (Å²) in [6.07, 6.45) is 1.51. The van der Waals surface area contributed by atoms with Gasteiger partial charge in [0.2, 0.25) is 0 Å². The lowest BCUT2D eigenvalue weighted by Gasteiger charge is -2.11. The molecule has 0 saturated heterocycles. The Bertz CT molecular complexity index is 1190. The van der Waals surface area contributed by atoms with Gasteiger partial charge in [0.1, 0.15) is 11.5 Å². The number of aromatic carboxylic acids is 1. The number of nitrogens with one attached hydrogen (secondary N) is 1. The second kappa shape index (κ2) is 9.31. The van der Waals surface area contributed by atoms with Crippen LogP contribution in [0.15, 0.2) is 71.7 Å². The third-order valence-electron chi connectivity index (χ3n) is 4.16. The summed E-state index contributed by atoms with van der Waals surface area (Å²) in [5, 5.41) is 22.9. The van der Waals surface area contributed by atoms with Gasteiger partial charge in [-0.1, -0.05) is 18.2 Å². The Morgan fingerprint density at radius 2 is 1.77 bits per heavy atom. The highest BCUT2D eigenvalue weighted by Crippen LogP contribution is 2.26. The Morgan fingerprint density at radius 3 is 2.45 bits per heavy atom. The van der Waals surface area contributed by atoms with Crippen molar-refractivity contribution in [1.82, 2.24) is 0 Å². The van der Waals surface area contributed by atoms with Gasteiger partial charge in [-0.05, 0) is 42.0 Å². The van der Waals surface area contributed by atoms with E-state index in [0.717, 1.165) is 0 Å². The molecule has 0 heterocycles. The fourth-order valence-corrected chi connectivity index (χ4v) is 2.77. The number of non-ortho nitro benzene ring substituents is 1. The van der Waals surface area contributed by atoms with Crippen molar-refractivity contribution >= 4 is 29.5 Å². The van der Waals surface area contributed by atoms with Gasteiger partial charge in [0, 0.05) is 24.9 Å². The lowest BCUT2D eigenvalue weighted by atomic mass is 10.1. The Hall–Kier alpha value is -4.53. The summed E-state index contributed by atoms with van der Waals surface area (Å²) in [4.78, 5) is 38.5. The van der Waals surface area contributed by atoms with Crippen LogP contribution >= 0.6 is 0 Å². The fourth-order valence-electron chi connectivity index (χ4n) is 2.77. The maximum absolute atomic E-state index is 12.7. The summed E-state index contributed by atoms with van der Waals surface area (Å²) in [5.74, 6) is -1.19. The molecule has 0 atom stereocenters. The monoisotopic (exact) mass is 419 g/mol. The molecule has 9 nitrogen and oxygen atoms in total. The van der Waals surface area contributed by atoms with Gasteiger partial charge in [0.15, 0.2) is 0 Å². The van der Waals surface area contributed by atoms with Crippen LogP contribution in [0.2, 0.25) is 0 Å². The number of aliphatic imine (C=N–C) groups is 1. The van der Waals surface area contributed by atoms with E-state index in [-0.39, 0.29) is 28.3 Å². The van der Waals surface area contributed by atoms with Crippen LogP contribution in [0.4, 0.5) is 11.4 Å². The summed E-state index contributed by atoms with van der Waals surface area (Å²) in [7, 11) is 1.57. The van der Waals surface area contributed by atoms with Crippen LogP contribution in [0, 0.1) is 10.1 Å². The second-order valence-electron chi connectivity index (χ2n) is 6.34. The normalized spacial score (nSPS) is 10.6. The summed E-state index contributed by atoms with van der Waals surface area (Å²) in [5.41, 5.74) is 0.749. The van der Waals surface area contributed by atoms with Crippen molar-refractivity contribution in [2.45, 2.75) is 0 Å². The largest absolute Gasteiger partial charge is 0.478 e. The molecule has 1 amide bonds. The number of ether oxygens (including phenoxy) is 1. The zero-order chi connectivity index (χ0) is 22.4. The highest BCUT2D eigenvalue weighted by Gasteiger charge is 2.15. The number of carbonyl (C=O) groups is 2. The first-order valence-corrected chi connectivity index (χ1v) is 9.00. The molecule has 0 saturated carbocycles. The zero-order valence-corrected chi connectivity index (χ0v) is 16.3. The molecule has 0 aliphatic carbocycles. The van der Waals surface area contributed by atoms with Gasteiger partial charge in [-0.2, -0.15) is 0 Å². The average Bonchev–Trinajstić information content (AvgIpc) is 2.75. The number of carbonyl (C=O) groups excluding carboxylic acids is 1. The van der Waals surface area contributed by atoms with E-state index in [1.165, 1.54) is 48.7 Å². The van der Waals surface area contributed by atoms with Crippen molar-refractivity contribution in [2.24, 2.45) is 4.99 Å². The molecule has 31 heavy (non-hydrogen) atoms. The number of rotatable bonds is 7. The third kappa shape index (κ3) is 5.30. The first-order valence-electron chi connectivity index (χ1n) is 9.00. The molecule has 0 aromatic heterocycles. The molecule has 0 unspecified atom stereocenters. The van der Waals surface area contributed by atoms with E-state index in [9.17, 15) is 24.8 Å². The molecule has 0 spiro atoms. The van der Waals surface area contributed by atoms with Crippen LogP contribution in [0.3, 0.4) is 0 Å². The Labute approximate surface area is 176 Å². The number of hydrogen-bond donors (Lipinski definition) is 2. The molecule has 2 N–H and O–H groups in total. The van der Waals surface area contributed by atoms with Gasteiger partial charge in [-0.15, -0.1) is 0 Å². The fraction of sp³-hybridized carbons (Fsp3) is 0.0455. The smallest absolute Gasteiger partial charge is 0.337 e. The summed E-state index contributed by atoms with van der Waals surface area (Å²) < 4.78 is 5.62. The molecule has 0 radical (unpaired) electrons. The number of carboxylic acid groups (broad SMARTS) is 1. The lowest BCUT2D eigenvalue weighted by Crippen LogP contribution is -2.15. The van der Waals surface area contributed by atoms with E-state index in [4.69, 9.17) is 4.74 Å². The van der Waals surface area contributed by atoms with Gasteiger partial charge < -0.3 is 15.2 Å². The first-order chi connectivity index (χ1) is 14.9. The number of anilines is 1. The summed E-state index contributed by atoms with van der Waals surface area (Å²) in [6.45, 7) is 0. The topological polar surface area (TPSA) is 131 Å². The predicted molar refractivity (Wildman–Crippen MR) is 114 cm³/mol. The number of benzene rings is 3. The molecule has 156 valence electrons. The predicted octanol–water partition coefficient (Wildman–Crippen LogP) is 4.39. The molecule has 0 aliphatic rings. The maximum Gasteiger partial charge on any atom is 0.337 e. The highest BCUT2D eigenvalue weighted by molar-refractivity contribution is 6.08. The Morgan fingerprint density at radius 1 is 1.06 bits per heavy atom. The number of nitrogens with zero attached hydrogens (tertiary/aromatic N) is 2. The number of hydrogen-bond acceptors (Lipinski definition) is 6. The van der Waals surface area contributed by atoms with E-state index in [2.05, 4.69) is 10.3 Å². The number of nitro groups is 1. The molecule has 3 rings (SSSR count). The quantitative estimate of drug-likeness (QED) is 0.332. The molecular formula is C22H17N3O6. The van der Waals surface area contributed by atoms with E-state index < -0.39 is 16.8 Å². The van der Waals surface area contributed by atoms with Gasteiger partial charge in [-0.25, -0.2) is 4.79 Å². The van der Waals surface area contributed by atoms with Crippen LogP contribution in [-0.2, 0) is 0 Å². The molecule has 3 aromatic carbocycles. The molecule has 9 heteroatoms. The van der Waals surface area contributed by atoms with Crippen LogP contribution < -0.4 is 10.1 Å². The van der Waals surface area contributed by atoms with Crippen molar-refractivity contribution in [1.29, 1.82) is 0 Å².